The van der Waals surface area contributed by atoms with Crippen LogP contribution in [0.25, 0.3) is 33.9 Å². The Balaban J connectivity index is 1.77. The number of nitrogens with zero attached hydrogens (tertiary/aromatic N) is 3. The summed E-state index contributed by atoms with van der Waals surface area (Å²) in [6, 6.07) is 27.9. The van der Waals surface area contributed by atoms with Crippen LogP contribution in [0.4, 0.5) is 11.4 Å². The first-order valence-corrected chi connectivity index (χ1v) is 12.0. The van der Waals surface area contributed by atoms with Crippen molar-refractivity contribution in [2.75, 3.05) is 36.0 Å². The number of hydrogen-bond donors (Lipinski definition) is 1. The van der Waals surface area contributed by atoms with Gasteiger partial charge in [-0.2, -0.15) is 0 Å². The number of hydrogen-bond acceptors (Lipinski definition) is 3. The Labute approximate surface area is 197 Å². The molecule has 3 aromatic carbocycles. The largest absolute Gasteiger partial charge is 0.372 e. The fraction of sp³-hybridized carbons (Fsp3) is 0.276. The molecule has 33 heavy (non-hydrogen) atoms. The highest BCUT2D eigenvalue weighted by molar-refractivity contribution is 5.82. The molecule has 0 fully saturated rings. The predicted octanol–water partition coefficient (Wildman–Crippen LogP) is 7.10. The van der Waals surface area contributed by atoms with E-state index in [2.05, 4.69) is 115 Å². The monoisotopic (exact) mass is 438 g/mol. The highest BCUT2D eigenvalue weighted by Crippen LogP contribution is 2.34. The third kappa shape index (κ3) is 4.80. The summed E-state index contributed by atoms with van der Waals surface area (Å²) in [5.74, 6) is 0.890. The summed E-state index contributed by atoms with van der Waals surface area (Å²) < 4.78 is 0. The van der Waals surface area contributed by atoms with Crippen LogP contribution in [0, 0.1) is 0 Å². The lowest BCUT2D eigenvalue weighted by atomic mass is 10.0. The first kappa shape index (κ1) is 22.7. The van der Waals surface area contributed by atoms with Crippen LogP contribution in [-0.2, 0) is 0 Å². The topological polar surface area (TPSA) is 35.2 Å². The fourth-order valence-corrected chi connectivity index (χ4v) is 4.37. The average molecular weight is 439 g/mol. The van der Waals surface area contributed by atoms with Gasteiger partial charge in [0.1, 0.15) is 5.82 Å². The minimum atomic E-state index is 0.890. The van der Waals surface area contributed by atoms with E-state index < -0.39 is 0 Å². The van der Waals surface area contributed by atoms with Crippen LogP contribution < -0.4 is 9.80 Å². The number of aromatic amines is 1. The third-order valence-corrected chi connectivity index (χ3v) is 6.30. The molecule has 0 spiro atoms. The van der Waals surface area contributed by atoms with E-state index in [1.54, 1.807) is 0 Å². The van der Waals surface area contributed by atoms with E-state index in [-0.39, 0.29) is 0 Å². The van der Waals surface area contributed by atoms with Gasteiger partial charge in [0.25, 0.3) is 0 Å². The van der Waals surface area contributed by atoms with Gasteiger partial charge in [-0.15, -0.1) is 0 Å². The van der Waals surface area contributed by atoms with Crippen LogP contribution in [-0.4, -0.2) is 36.1 Å². The third-order valence-electron chi connectivity index (χ3n) is 6.30. The van der Waals surface area contributed by atoms with Crippen molar-refractivity contribution in [3.8, 4) is 33.9 Å². The molecule has 0 bridgehead atoms. The quantitative estimate of drug-likeness (QED) is 0.303. The Hall–Kier alpha value is -3.53. The molecule has 4 rings (SSSR count). The van der Waals surface area contributed by atoms with Gasteiger partial charge in [0, 0.05) is 54.2 Å². The van der Waals surface area contributed by atoms with Crippen LogP contribution in [0.15, 0.2) is 78.9 Å². The van der Waals surface area contributed by atoms with Gasteiger partial charge in [-0.25, -0.2) is 4.98 Å². The second-order valence-corrected chi connectivity index (χ2v) is 8.11. The molecule has 0 atom stereocenters. The fourth-order valence-electron chi connectivity index (χ4n) is 4.37. The van der Waals surface area contributed by atoms with E-state index in [1.807, 2.05) is 6.07 Å². The van der Waals surface area contributed by atoms with Gasteiger partial charge in [0.05, 0.1) is 11.4 Å². The van der Waals surface area contributed by atoms with Crippen molar-refractivity contribution in [2.45, 2.75) is 27.7 Å². The molecule has 1 N–H and O–H groups in total. The maximum atomic E-state index is 5.05. The van der Waals surface area contributed by atoms with Gasteiger partial charge in [-0.1, -0.05) is 54.6 Å². The molecule has 4 aromatic rings. The molecule has 0 amide bonds. The number of rotatable bonds is 9. The average Bonchev–Trinajstić information content (AvgIpc) is 3.32. The van der Waals surface area contributed by atoms with Crippen LogP contribution in [0.2, 0.25) is 0 Å². The van der Waals surface area contributed by atoms with Crippen molar-refractivity contribution in [3.63, 3.8) is 0 Å². The van der Waals surface area contributed by atoms with Crippen molar-refractivity contribution in [1.29, 1.82) is 0 Å². The van der Waals surface area contributed by atoms with Crippen molar-refractivity contribution < 1.29 is 0 Å². The van der Waals surface area contributed by atoms with Crippen LogP contribution in [0.1, 0.15) is 27.7 Å². The van der Waals surface area contributed by atoms with Crippen LogP contribution in [0.3, 0.4) is 0 Å². The van der Waals surface area contributed by atoms with Crippen molar-refractivity contribution in [2.24, 2.45) is 0 Å². The predicted molar refractivity (Wildman–Crippen MR) is 142 cm³/mol. The zero-order chi connectivity index (χ0) is 23.2. The Bertz CT molecular complexity index is 1060. The Morgan fingerprint density at radius 3 is 1.55 bits per heavy atom. The summed E-state index contributed by atoms with van der Waals surface area (Å²) in [7, 11) is 0. The van der Waals surface area contributed by atoms with Crippen molar-refractivity contribution in [3.05, 3.63) is 78.9 Å². The smallest absolute Gasteiger partial charge is 0.138 e. The van der Waals surface area contributed by atoms with Crippen molar-refractivity contribution >= 4 is 11.4 Å². The molecule has 1 aromatic heterocycles. The SMILES string of the molecule is CCN(CC)c1ccc(-c2nc(-c3ccccc3)[nH]c2-c2ccc(N(CC)CC)cc2)cc1. The second kappa shape index (κ2) is 10.4. The normalized spacial score (nSPS) is 10.9. The molecule has 0 saturated heterocycles. The maximum Gasteiger partial charge on any atom is 0.138 e. The van der Waals surface area contributed by atoms with E-state index in [0.717, 1.165) is 60.1 Å². The van der Waals surface area contributed by atoms with E-state index in [1.165, 1.54) is 11.4 Å². The molecule has 170 valence electrons. The summed E-state index contributed by atoms with van der Waals surface area (Å²) in [6.07, 6.45) is 0. The zero-order valence-electron chi connectivity index (χ0n) is 20.2. The molecule has 4 heteroatoms. The van der Waals surface area contributed by atoms with E-state index in [9.17, 15) is 0 Å². The highest BCUT2D eigenvalue weighted by atomic mass is 15.1. The number of anilines is 2. The maximum absolute atomic E-state index is 5.05. The number of benzene rings is 3. The first-order valence-electron chi connectivity index (χ1n) is 12.0. The number of imidazole rings is 1. The van der Waals surface area contributed by atoms with Gasteiger partial charge < -0.3 is 14.8 Å². The van der Waals surface area contributed by atoms with E-state index in [4.69, 9.17) is 4.98 Å². The molecule has 0 aliphatic carbocycles. The van der Waals surface area contributed by atoms with E-state index >= 15 is 0 Å². The Morgan fingerprint density at radius 1 is 0.576 bits per heavy atom. The Kier molecular flexibility index (Phi) is 7.13. The second-order valence-electron chi connectivity index (χ2n) is 8.11. The summed E-state index contributed by atoms with van der Waals surface area (Å²) in [5, 5.41) is 0. The molecular formula is C29H34N4. The Morgan fingerprint density at radius 2 is 1.06 bits per heavy atom. The first-order chi connectivity index (χ1) is 16.2. The van der Waals surface area contributed by atoms with Crippen LogP contribution in [0.5, 0.6) is 0 Å². The van der Waals surface area contributed by atoms with Gasteiger partial charge >= 0.3 is 0 Å². The standard InChI is InChI=1S/C29H34N4/c1-5-32(6-2)25-18-14-22(15-19-25)27-28(31-29(30-27)24-12-10-9-11-13-24)23-16-20-26(21-17-23)33(7-3)8-4/h9-21H,5-8H2,1-4H3,(H,30,31). The van der Waals surface area contributed by atoms with Crippen molar-refractivity contribution in [1.82, 2.24) is 9.97 Å². The number of aromatic nitrogens is 2. The lowest BCUT2D eigenvalue weighted by Crippen LogP contribution is -2.21. The van der Waals surface area contributed by atoms with Gasteiger partial charge in [0.2, 0.25) is 0 Å². The highest BCUT2D eigenvalue weighted by Gasteiger charge is 2.16. The van der Waals surface area contributed by atoms with Crippen LogP contribution >= 0.6 is 0 Å². The molecular weight excluding hydrogens is 404 g/mol. The molecule has 4 nitrogen and oxygen atoms in total. The molecule has 0 saturated carbocycles. The number of nitrogens with one attached hydrogen (secondary N) is 1. The zero-order valence-corrected chi connectivity index (χ0v) is 20.2. The van der Waals surface area contributed by atoms with Gasteiger partial charge in [0.15, 0.2) is 0 Å². The lowest BCUT2D eigenvalue weighted by molar-refractivity contribution is 0.866. The summed E-state index contributed by atoms with van der Waals surface area (Å²) in [6.45, 7) is 12.8. The van der Waals surface area contributed by atoms with Gasteiger partial charge in [-0.3, -0.25) is 0 Å². The molecule has 0 radical (unpaired) electrons. The summed E-state index contributed by atoms with van der Waals surface area (Å²) in [5.41, 5.74) is 7.87. The molecule has 0 unspecified atom stereocenters. The minimum Gasteiger partial charge on any atom is -0.372 e. The van der Waals surface area contributed by atoms with Gasteiger partial charge in [-0.05, 0) is 52.0 Å². The lowest BCUT2D eigenvalue weighted by Gasteiger charge is -2.21. The number of H-pyrrole nitrogens is 1. The molecule has 1 heterocycles. The molecule has 0 aliphatic heterocycles. The summed E-state index contributed by atoms with van der Waals surface area (Å²) >= 11 is 0. The summed E-state index contributed by atoms with van der Waals surface area (Å²) in [4.78, 5) is 13.4. The minimum absolute atomic E-state index is 0.890. The molecule has 0 aliphatic rings. The van der Waals surface area contributed by atoms with E-state index in [0.29, 0.717) is 0 Å².